The second-order valence-corrected chi connectivity index (χ2v) is 12.4. The maximum absolute atomic E-state index is 6.49. The SMILES string of the molecule is c1ccc2c(c1)Sc1ccccc1N2c1ccc2c(c1)Oc1ccc(N3c4ccccc4Sc4ccccc43)cc1O2. The third-order valence-corrected chi connectivity index (χ3v) is 9.94. The summed E-state index contributed by atoms with van der Waals surface area (Å²) in [6.45, 7) is 0. The van der Waals surface area contributed by atoms with Crippen LogP contribution in [0.5, 0.6) is 23.0 Å². The van der Waals surface area contributed by atoms with Crippen molar-refractivity contribution >= 4 is 57.6 Å². The van der Waals surface area contributed by atoms with Crippen molar-refractivity contribution in [2.75, 3.05) is 9.80 Å². The van der Waals surface area contributed by atoms with Gasteiger partial charge in [0.1, 0.15) is 0 Å². The number of rotatable bonds is 2. The third-order valence-electron chi connectivity index (χ3n) is 7.68. The topological polar surface area (TPSA) is 24.9 Å². The van der Waals surface area contributed by atoms with Crippen molar-refractivity contribution in [2.24, 2.45) is 0 Å². The van der Waals surface area contributed by atoms with Crippen molar-refractivity contribution in [3.8, 4) is 23.0 Å². The minimum atomic E-state index is 0.700. The van der Waals surface area contributed by atoms with E-state index in [2.05, 4.69) is 131 Å². The highest BCUT2D eigenvalue weighted by molar-refractivity contribution is 8.00. The van der Waals surface area contributed by atoms with Gasteiger partial charge in [0.15, 0.2) is 23.0 Å². The Bertz CT molecular complexity index is 1800. The predicted octanol–water partition coefficient (Wildman–Crippen LogP) is 11.5. The molecule has 6 heteroatoms. The average Bonchev–Trinajstić information content (AvgIpc) is 3.04. The lowest BCUT2D eigenvalue weighted by Crippen LogP contribution is -2.15. The van der Waals surface area contributed by atoms with Gasteiger partial charge in [-0.3, -0.25) is 0 Å². The van der Waals surface area contributed by atoms with Gasteiger partial charge in [0, 0.05) is 31.7 Å². The maximum Gasteiger partial charge on any atom is 0.172 e. The molecular weight excluding hydrogens is 557 g/mol. The molecule has 0 fully saturated rings. The van der Waals surface area contributed by atoms with E-state index in [1.807, 2.05) is 12.1 Å². The highest BCUT2D eigenvalue weighted by Gasteiger charge is 2.29. The summed E-state index contributed by atoms with van der Waals surface area (Å²) in [5, 5.41) is 0. The molecular formula is C36H22N2O2S2. The van der Waals surface area contributed by atoms with Crippen LogP contribution in [0.3, 0.4) is 0 Å². The van der Waals surface area contributed by atoms with Crippen LogP contribution in [0.15, 0.2) is 153 Å². The number of hydrogen-bond acceptors (Lipinski definition) is 6. The first-order chi connectivity index (χ1) is 20.8. The lowest BCUT2D eigenvalue weighted by atomic mass is 10.1. The van der Waals surface area contributed by atoms with Crippen LogP contribution < -0.4 is 19.3 Å². The number of ether oxygens (including phenoxy) is 2. The largest absolute Gasteiger partial charge is 0.449 e. The van der Waals surface area contributed by atoms with Gasteiger partial charge in [-0.05, 0) is 72.8 Å². The van der Waals surface area contributed by atoms with E-state index < -0.39 is 0 Å². The van der Waals surface area contributed by atoms with Crippen LogP contribution in [-0.4, -0.2) is 0 Å². The van der Waals surface area contributed by atoms with Crippen LogP contribution >= 0.6 is 23.5 Å². The van der Waals surface area contributed by atoms with Crippen molar-refractivity contribution < 1.29 is 9.47 Å². The normalized spacial score (nSPS) is 13.8. The standard InChI is InChI=1S/C36H22N2O2S2/c1-5-13-33-25(9-1)37(26-10-2-6-14-34(26)41-33)23-17-19-29-31(21-23)39-30-20-18-24(22-32(30)40-29)38-27-11-3-7-15-35(27)42-36-16-8-4-12-28(36)38/h1-22H. The van der Waals surface area contributed by atoms with E-state index in [-0.39, 0.29) is 0 Å². The maximum atomic E-state index is 6.49. The molecule has 0 radical (unpaired) electrons. The molecule has 6 aromatic carbocycles. The van der Waals surface area contributed by atoms with Crippen LogP contribution in [-0.2, 0) is 0 Å². The molecule has 0 atom stereocenters. The number of hydrogen-bond donors (Lipinski definition) is 0. The Morgan fingerprint density at radius 1 is 0.357 bits per heavy atom. The van der Waals surface area contributed by atoms with Crippen molar-refractivity contribution in [2.45, 2.75) is 19.6 Å². The fourth-order valence-electron chi connectivity index (χ4n) is 5.80. The summed E-state index contributed by atoms with van der Waals surface area (Å²) in [7, 11) is 0. The molecule has 200 valence electrons. The molecule has 0 N–H and O–H groups in total. The van der Waals surface area contributed by atoms with Gasteiger partial charge in [-0.15, -0.1) is 0 Å². The summed E-state index contributed by atoms with van der Waals surface area (Å²) in [5.74, 6) is 2.80. The smallest absolute Gasteiger partial charge is 0.172 e. The molecule has 3 aliphatic heterocycles. The van der Waals surface area contributed by atoms with Gasteiger partial charge in [0.25, 0.3) is 0 Å². The van der Waals surface area contributed by atoms with E-state index in [4.69, 9.17) is 9.47 Å². The minimum absolute atomic E-state index is 0.700. The number of nitrogens with zero attached hydrogens (tertiary/aromatic N) is 2. The summed E-state index contributed by atoms with van der Waals surface area (Å²) >= 11 is 3.60. The summed E-state index contributed by atoms with van der Waals surface area (Å²) < 4.78 is 13.0. The molecule has 9 rings (SSSR count). The zero-order valence-corrected chi connectivity index (χ0v) is 23.9. The first-order valence-electron chi connectivity index (χ1n) is 13.8. The van der Waals surface area contributed by atoms with E-state index in [1.54, 1.807) is 23.5 Å². The van der Waals surface area contributed by atoms with Crippen molar-refractivity contribution in [1.29, 1.82) is 0 Å². The highest BCUT2D eigenvalue weighted by atomic mass is 32.2. The van der Waals surface area contributed by atoms with Crippen molar-refractivity contribution in [3.63, 3.8) is 0 Å². The summed E-state index contributed by atoms with van der Waals surface area (Å²) in [6.07, 6.45) is 0. The Hall–Kier alpha value is -4.78. The Kier molecular flexibility index (Phi) is 5.33. The predicted molar refractivity (Wildman–Crippen MR) is 171 cm³/mol. The Labute approximate surface area is 252 Å². The lowest BCUT2D eigenvalue weighted by Gasteiger charge is -2.34. The van der Waals surface area contributed by atoms with Gasteiger partial charge in [-0.25, -0.2) is 0 Å². The lowest BCUT2D eigenvalue weighted by molar-refractivity contribution is 0.360. The fourth-order valence-corrected chi connectivity index (χ4v) is 7.92. The molecule has 3 heterocycles. The number of anilines is 6. The highest BCUT2D eigenvalue weighted by Crippen LogP contribution is 2.55. The third kappa shape index (κ3) is 3.73. The van der Waals surface area contributed by atoms with Gasteiger partial charge in [0.05, 0.1) is 34.1 Å². The Morgan fingerprint density at radius 3 is 1.05 bits per heavy atom. The van der Waals surface area contributed by atoms with Gasteiger partial charge in [-0.1, -0.05) is 72.1 Å². The Balaban J connectivity index is 1.09. The molecule has 0 aromatic heterocycles. The molecule has 0 saturated heterocycles. The average molecular weight is 579 g/mol. The molecule has 0 spiro atoms. The number of benzene rings is 6. The molecule has 3 aliphatic rings. The first-order valence-corrected chi connectivity index (χ1v) is 15.4. The molecule has 6 aromatic rings. The minimum Gasteiger partial charge on any atom is -0.449 e. The summed E-state index contributed by atoms with van der Waals surface area (Å²) in [5.41, 5.74) is 6.67. The van der Waals surface area contributed by atoms with Crippen LogP contribution in [0.4, 0.5) is 34.1 Å². The monoisotopic (exact) mass is 578 g/mol. The van der Waals surface area contributed by atoms with E-state index in [0.29, 0.717) is 23.0 Å². The van der Waals surface area contributed by atoms with Crippen LogP contribution in [0.1, 0.15) is 0 Å². The number of fused-ring (bicyclic) bond motifs is 6. The van der Waals surface area contributed by atoms with Crippen molar-refractivity contribution in [1.82, 2.24) is 0 Å². The van der Waals surface area contributed by atoms with Gasteiger partial charge in [-0.2, -0.15) is 0 Å². The van der Waals surface area contributed by atoms with Gasteiger partial charge in [0.2, 0.25) is 0 Å². The molecule has 0 saturated carbocycles. The van der Waals surface area contributed by atoms with Crippen molar-refractivity contribution in [3.05, 3.63) is 133 Å². The van der Waals surface area contributed by atoms with Gasteiger partial charge < -0.3 is 19.3 Å². The summed E-state index contributed by atoms with van der Waals surface area (Å²) in [4.78, 5) is 9.50. The van der Waals surface area contributed by atoms with E-state index in [0.717, 1.165) is 34.1 Å². The van der Waals surface area contributed by atoms with E-state index >= 15 is 0 Å². The zero-order chi connectivity index (χ0) is 27.6. The fraction of sp³-hybridized carbons (Fsp3) is 0. The zero-order valence-electron chi connectivity index (χ0n) is 22.2. The second-order valence-electron chi connectivity index (χ2n) is 10.2. The van der Waals surface area contributed by atoms with Crippen LogP contribution in [0.2, 0.25) is 0 Å². The molecule has 0 amide bonds. The molecule has 0 bridgehead atoms. The molecule has 42 heavy (non-hydrogen) atoms. The van der Waals surface area contributed by atoms with E-state index in [1.165, 1.54) is 19.6 Å². The Morgan fingerprint density at radius 2 is 0.690 bits per heavy atom. The molecule has 0 aliphatic carbocycles. The molecule has 4 nitrogen and oxygen atoms in total. The quantitative estimate of drug-likeness (QED) is 0.202. The first kappa shape index (κ1) is 23.9. The van der Waals surface area contributed by atoms with Gasteiger partial charge >= 0.3 is 0 Å². The number of para-hydroxylation sites is 4. The van der Waals surface area contributed by atoms with Crippen LogP contribution in [0.25, 0.3) is 0 Å². The second kappa shape index (κ2) is 9.38. The van der Waals surface area contributed by atoms with E-state index in [9.17, 15) is 0 Å². The summed E-state index contributed by atoms with van der Waals surface area (Å²) in [6, 6.07) is 46.5. The van der Waals surface area contributed by atoms with Crippen LogP contribution in [0, 0.1) is 0 Å². The molecule has 0 unspecified atom stereocenters.